The number of amides is 2. The predicted molar refractivity (Wildman–Crippen MR) is 99.5 cm³/mol. The van der Waals surface area contributed by atoms with Crippen molar-refractivity contribution in [1.29, 1.82) is 0 Å². The normalized spacial score (nSPS) is 22.3. The lowest BCUT2D eigenvalue weighted by atomic mass is 9.88. The van der Waals surface area contributed by atoms with Gasteiger partial charge in [-0.25, -0.2) is 0 Å². The number of benzene rings is 1. The molecule has 27 heavy (non-hydrogen) atoms. The lowest BCUT2D eigenvalue weighted by molar-refractivity contribution is -0.143. The molecule has 0 radical (unpaired) electrons. The number of nitrogens with zero attached hydrogens (tertiary/aromatic N) is 1. The molecule has 2 aliphatic rings. The Kier molecular flexibility index (Phi) is 5.65. The highest BCUT2D eigenvalue weighted by Crippen LogP contribution is 2.30. The summed E-state index contributed by atoms with van der Waals surface area (Å²) in [5.74, 6) is -1.66. The number of carboxylic acid groups (broad SMARTS) is 1. The van der Waals surface area contributed by atoms with Gasteiger partial charge in [0.2, 0.25) is 11.8 Å². The topological polar surface area (TPSA) is 119 Å². The summed E-state index contributed by atoms with van der Waals surface area (Å²) in [6.45, 7) is 1.63. The van der Waals surface area contributed by atoms with E-state index in [1.165, 1.54) is 0 Å². The lowest BCUT2D eigenvalue weighted by Gasteiger charge is -2.38. The molecular weight excluding hydrogens is 350 g/mol. The monoisotopic (exact) mass is 375 g/mol. The number of carboxylic acids is 1. The van der Waals surface area contributed by atoms with E-state index in [0.29, 0.717) is 45.3 Å². The third kappa shape index (κ3) is 4.97. The summed E-state index contributed by atoms with van der Waals surface area (Å²) in [5, 5.41) is 24.9. The van der Waals surface area contributed by atoms with Crippen molar-refractivity contribution in [3.8, 4) is 0 Å². The number of hydrogen-bond donors (Lipinski definition) is 4. The molecule has 8 heteroatoms. The zero-order chi connectivity index (χ0) is 19.4. The lowest BCUT2D eigenvalue weighted by Crippen LogP contribution is -2.45. The van der Waals surface area contributed by atoms with Crippen molar-refractivity contribution >= 4 is 29.2 Å². The van der Waals surface area contributed by atoms with Crippen LogP contribution in [0, 0.1) is 5.92 Å². The first-order valence-corrected chi connectivity index (χ1v) is 9.21. The van der Waals surface area contributed by atoms with Crippen molar-refractivity contribution in [3.63, 3.8) is 0 Å². The number of rotatable bonds is 6. The van der Waals surface area contributed by atoms with Crippen LogP contribution >= 0.6 is 0 Å². The van der Waals surface area contributed by atoms with Crippen LogP contribution in [0.25, 0.3) is 0 Å². The molecule has 0 aromatic heterocycles. The van der Waals surface area contributed by atoms with Crippen LogP contribution in [-0.2, 0) is 14.4 Å². The molecule has 3 rings (SSSR count). The average molecular weight is 375 g/mol. The Labute approximate surface area is 157 Å². The molecule has 1 aromatic rings. The van der Waals surface area contributed by atoms with Crippen molar-refractivity contribution in [2.75, 3.05) is 29.9 Å². The Hall–Kier alpha value is -2.61. The number of aliphatic hydroxyl groups is 1. The van der Waals surface area contributed by atoms with Crippen LogP contribution in [0.1, 0.15) is 32.1 Å². The zero-order valence-electron chi connectivity index (χ0n) is 15.1. The van der Waals surface area contributed by atoms with Crippen LogP contribution in [0.2, 0.25) is 0 Å². The van der Waals surface area contributed by atoms with E-state index < -0.39 is 11.6 Å². The molecule has 4 N–H and O–H groups in total. The summed E-state index contributed by atoms with van der Waals surface area (Å²) >= 11 is 0. The Morgan fingerprint density at radius 2 is 2.04 bits per heavy atom. The average Bonchev–Trinajstić information content (AvgIpc) is 2.61. The maximum atomic E-state index is 11.8. The van der Waals surface area contributed by atoms with Gasteiger partial charge in [0.25, 0.3) is 0 Å². The second kappa shape index (κ2) is 7.96. The Bertz CT molecular complexity index is 728. The minimum atomic E-state index is -1.13. The highest BCUT2D eigenvalue weighted by Gasteiger charge is 2.34. The Morgan fingerprint density at radius 1 is 1.30 bits per heavy atom. The van der Waals surface area contributed by atoms with Gasteiger partial charge < -0.3 is 20.4 Å². The van der Waals surface area contributed by atoms with Gasteiger partial charge in [0, 0.05) is 37.4 Å². The molecule has 8 nitrogen and oxygen atoms in total. The highest BCUT2D eigenvalue weighted by atomic mass is 16.4. The molecule has 0 saturated carbocycles. The largest absolute Gasteiger partial charge is 0.481 e. The van der Waals surface area contributed by atoms with Crippen molar-refractivity contribution in [2.24, 2.45) is 5.92 Å². The highest BCUT2D eigenvalue weighted by molar-refractivity contribution is 5.98. The fourth-order valence-corrected chi connectivity index (χ4v) is 3.63. The number of imide groups is 1. The van der Waals surface area contributed by atoms with Crippen LogP contribution < -0.4 is 15.5 Å². The molecule has 2 heterocycles. The van der Waals surface area contributed by atoms with Crippen LogP contribution in [0.3, 0.4) is 0 Å². The summed E-state index contributed by atoms with van der Waals surface area (Å²) in [6, 6.07) is 7.78. The predicted octanol–water partition coefficient (Wildman–Crippen LogP) is 0.957. The zero-order valence-corrected chi connectivity index (χ0v) is 15.1. The van der Waals surface area contributed by atoms with Gasteiger partial charge in [-0.15, -0.1) is 0 Å². The SMILES string of the molecule is O=C(O)CC1(O)CCN(c2cccc(NCC3CCC(=O)NC3=O)c2)CC1. The summed E-state index contributed by atoms with van der Waals surface area (Å²) in [7, 11) is 0. The van der Waals surface area contributed by atoms with Gasteiger partial charge >= 0.3 is 5.97 Å². The number of nitrogens with one attached hydrogen (secondary N) is 2. The summed E-state index contributed by atoms with van der Waals surface area (Å²) in [5.41, 5.74) is 0.730. The second-order valence-electron chi connectivity index (χ2n) is 7.36. The number of aliphatic carboxylic acids is 1. The van der Waals surface area contributed by atoms with Gasteiger partial charge in [0.05, 0.1) is 17.9 Å². The minimum Gasteiger partial charge on any atom is -0.481 e. The molecule has 0 aliphatic carbocycles. The van der Waals surface area contributed by atoms with E-state index in [2.05, 4.69) is 15.5 Å². The van der Waals surface area contributed by atoms with Crippen LogP contribution in [-0.4, -0.2) is 53.2 Å². The second-order valence-corrected chi connectivity index (χ2v) is 7.36. The molecular formula is C19H25N3O5. The number of anilines is 2. The number of carbonyl (C=O) groups excluding carboxylic acids is 2. The molecule has 2 fully saturated rings. The summed E-state index contributed by atoms with van der Waals surface area (Å²) < 4.78 is 0. The van der Waals surface area contributed by atoms with Crippen molar-refractivity contribution in [1.82, 2.24) is 5.32 Å². The van der Waals surface area contributed by atoms with E-state index in [4.69, 9.17) is 5.11 Å². The molecule has 2 aliphatic heterocycles. The van der Waals surface area contributed by atoms with E-state index in [9.17, 15) is 19.5 Å². The third-order valence-corrected chi connectivity index (χ3v) is 5.29. The summed E-state index contributed by atoms with van der Waals surface area (Å²) in [4.78, 5) is 36.0. The number of hydrogen-bond acceptors (Lipinski definition) is 6. The van der Waals surface area contributed by atoms with E-state index >= 15 is 0 Å². The molecule has 1 atom stereocenters. The minimum absolute atomic E-state index is 0.216. The van der Waals surface area contributed by atoms with Gasteiger partial charge in [-0.1, -0.05) is 6.07 Å². The Balaban J connectivity index is 1.56. The first-order chi connectivity index (χ1) is 12.8. The van der Waals surface area contributed by atoms with Crippen LogP contribution in [0.5, 0.6) is 0 Å². The first kappa shape index (κ1) is 19.2. The van der Waals surface area contributed by atoms with E-state index in [1.54, 1.807) is 0 Å². The van der Waals surface area contributed by atoms with Gasteiger partial charge in [0.1, 0.15) is 0 Å². The quantitative estimate of drug-likeness (QED) is 0.547. The van der Waals surface area contributed by atoms with E-state index in [1.807, 2.05) is 24.3 Å². The van der Waals surface area contributed by atoms with Crippen LogP contribution in [0.4, 0.5) is 11.4 Å². The molecule has 0 bridgehead atoms. The van der Waals surface area contributed by atoms with Gasteiger partial charge in [-0.05, 0) is 37.5 Å². The standard InChI is InChI=1S/C19H25N3O5/c23-16-5-4-13(18(26)21-16)12-20-14-2-1-3-15(10-14)22-8-6-19(27,7-9-22)11-17(24)25/h1-3,10,13,20,27H,4-9,11-12H2,(H,24,25)(H,21,23,26). The fraction of sp³-hybridized carbons (Fsp3) is 0.526. The van der Waals surface area contributed by atoms with E-state index in [0.717, 1.165) is 11.4 Å². The van der Waals surface area contributed by atoms with E-state index in [-0.39, 0.29) is 24.2 Å². The van der Waals surface area contributed by atoms with Gasteiger partial charge in [-0.2, -0.15) is 0 Å². The number of piperidine rings is 2. The van der Waals surface area contributed by atoms with Crippen LogP contribution in [0.15, 0.2) is 24.3 Å². The Morgan fingerprint density at radius 3 is 2.70 bits per heavy atom. The third-order valence-electron chi connectivity index (χ3n) is 5.29. The fourth-order valence-electron chi connectivity index (χ4n) is 3.63. The maximum absolute atomic E-state index is 11.8. The van der Waals surface area contributed by atoms with Gasteiger partial charge in [0.15, 0.2) is 0 Å². The molecule has 2 amide bonds. The summed E-state index contributed by atoms with van der Waals surface area (Å²) in [6.07, 6.45) is 1.51. The van der Waals surface area contributed by atoms with Crippen molar-refractivity contribution in [3.05, 3.63) is 24.3 Å². The molecule has 146 valence electrons. The molecule has 2 saturated heterocycles. The first-order valence-electron chi connectivity index (χ1n) is 9.21. The van der Waals surface area contributed by atoms with Crippen molar-refractivity contribution < 1.29 is 24.6 Å². The van der Waals surface area contributed by atoms with Crippen molar-refractivity contribution in [2.45, 2.75) is 37.7 Å². The van der Waals surface area contributed by atoms with Gasteiger partial charge in [-0.3, -0.25) is 19.7 Å². The maximum Gasteiger partial charge on any atom is 0.306 e. The smallest absolute Gasteiger partial charge is 0.306 e. The molecule has 1 unspecified atom stereocenters. The number of carbonyl (C=O) groups is 3. The molecule has 1 aromatic carbocycles. The molecule has 0 spiro atoms.